The number of hydrogen-bond acceptors (Lipinski definition) is 9. The largest absolute Gasteiger partial charge is 0.368 e. The Bertz CT molecular complexity index is 1360. The van der Waals surface area contributed by atoms with E-state index in [4.69, 9.17) is 0 Å². The predicted octanol–water partition coefficient (Wildman–Crippen LogP) is -0.793. The lowest BCUT2D eigenvalue weighted by Gasteiger charge is -2.21. The molecule has 4 N–H and O–H groups in total. The summed E-state index contributed by atoms with van der Waals surface area (Å²) in [5.74, 6) is 0.694. The first-order chi connectivity index (χ1) is 16.5. The number of nitrogens with zero attached hydrogens (tertiary/aromatic N) is 4. The molecule has 0 unspecified atom stereocenters. The number of anilines is 5. The second kappa shape index (κ2) is 9.57. The molecule has 0 aliphatic heterocycles. The molecule has 0 bridgehead atoms. The standard InChI is InChI=1S/C20H25B3N8O3S/c1-11-6-8-24-15(9-11)27-16-10-14(17(30-29-16)19(32)28-20(21,22)23)26-18-13(3-2-7-25-18)31-35(33,34)12-4-5-12/h2-3,6-10,12,31H,4-5,21-23H2,1H3,(H,28,32)(H2,24,25,26,27,29). The Kier molecular flexibility index (Phi) is 6.70. The molecular weight excluding hydrogens is 465 g/mol. The van der Waals surface area contributed by atoms with Crippen molar-refractivity contribution < 1.29 is 13.2 Å². The van der Waals surface area contributed by atoms with Crippen LogP contribution < -0.4 is 20.7 Å². The zero-order valence-corrected chi connectivity index (χ0v) is 20.8. The van der Waals surface area contributed by atoms with Gasteiger partial charge >= 0.3 is 0 Å². The molecule has 3 aromatic rings. The third-order valence-corrected chi connectivity index (χ3v) is 6.80. The Morgan fingerprint density at radius 3 is 2.46 bits per heavy atom. The average molecular weight is 490 g/mol. The first-order valence-corrected chi connectivity index (χ1v) is 12.7. The summed E-state index contributed by atoms with van der Waals surface area (Å²) in [7, 11) is 2.05. The summed E-state index contributed by atoms with van der Waals surface area (Å²) >= 11 is 0. The Labute approximate surface area is 206 Å². The molecule has 15 heteroatoms. The smallest absolute Gasteiger partial charge is 0.272 e. The summed E-state index contributed by atoms with van der Waals surface area (Å²) in [6, 6.07) is 8.55. The summed E-state index contributed by atoms with van der Waals surface area (Å²) < 4.78 is 27.6. The SMILES string of the molecule is BC(B)(B)NC(=O)c1nnc(Nc2cc(C)ccn2)cc1Nc1ncccc1NS(=O)(=O)C1CC1. The van der Waals surface area contributed by atoms with Gasteiger partial charge in [0, 0.05) is 18.5 Å². The van der Waals surface area contributed by atoms with E-state index in [9.17, 15) is 13.2 Å². The quantitative estimate of drug-likeness (QED) is 0.283. The van der Waals surface area contributed by atoms with Crippen LogP contribution in [0.1, 0.15) is 28.9 Å². The summed E-state index contributed by atoms with van der Waals surface area (Å²) in [5, 5.41) is 16.4. The van der Waals surface area contributed by atoms with Crippen LogP contribution in [0.4, 0.5) is 28.8 Å². The second-order valence-corrected chi connectivity index (χ2v) is 11.4. The number of sulfonamides is 1. The molecule has 11 nitrogen and oxygen atoms in total. The number of pyridine rings is 2. The van der Waals surface area contributed by atoms with Crippen molar-refractivity contribution in [3.05, 3.63) is 54.0 Å². The summed E-state index contributed by atoms with van der Waals surface area (Å²) in [6.07, 6.45) is 4.45. The number of aromatic nitrogens is 4. The fraction of sp³-hybridized carbons (Fsp3) is 0.250. The minimum Gasteiger partial charge on any atom is -0.368 e. The van der Waals surface area contributed by atoms with Crippen molar-refractivity contribution >= 4 is 68.3 Å². The Balaban J connectivity index is 1.69. The Hall–Kier alpha value is -3.61. The van der Waals surface area contributed by atoms with Crippen LogP contribution in [0.5, 0.6) is 0 Å². The molecular formula is C20H25B3N8O3S. The van der Waals surface area contributed by atoms with E-state index in [1.165, 1.54) is 6.20 Å². The van der Waals surface area contributed by atoms with Crippen LogP contribution in [0.25, 0.3) is 0 Å². The second-order valence-electron chi connectivity index (χ2n) is 9.41. The van der Waals surface area contributed by atoms with Crippen LogP contribution in [0.3, 0.4) is 0 Å². The molecule has 1 aliphatic carbocycles. The van der Waals surface area contributed by atoms with E-state index < -0.39 is 26.4 Å². The molecule has 178 valence electrons. The number of rotatable bonds is 9. The van der Waals surface area contributed by atoms with Crippen molar-refractivity contribution in [3.8, 4) is 0 Å². The number of carbonyl (C=O) groups excluding carboxylic acids is 1. The van der Waals surface area contributed by atoms with Gasteiger partial charge in [0.25, 0.3) is 5.91 Å². The third-order valence-electron chi connectivity index (χ3n) is 4.95. The van der Waals surface area contributed by atoms with E-state index in [1.54, 1.807) is 24.4 Å². The van der Waals surface area contributed by atoms with Crippen molar-refractivity contribution in [1.82, 2.24) is 25.5 Å². The zero-order chi connectivity index (χ0) is 25.2. The molecule has 4 rings (SSSR count). The van der Waals surface area contributed by atoms with Crippen LogP contribution in [0, 0.1) is 6.92 Å². The third kappa shape index (κ3) is 6.50. The number of amides is 1. The van der Waals surface area contributed by atoms with Crippen molar-refractivity contribution in [2.24, 2.45) is 0 Å². The van der Waals surface area contributed by atoms with Gasteiger partial charge in [0.05, 0.1) is 16.6 Å². The van der Waals surface area contributed by atoms with E-state index in [0.717, 1.165) is 5.56 Å². The molecule has 0 radical (unpaired) electrons. The molecule has 0 atom stereocenters. The molecule has 0 saturated heterocycles. The highest BCUT2D eigenvalue weighted by Gasteiger charge is 2.36. The van der Waals surface area contributed by atoms with Gasteiger partial charge in [-0.15, -0.1) is 10.2 Å². The van der Waals surface area contributed by atoms with Crippen molar-refractivity contribution in [2.45, 2.75) is 30.3 Å². The van der Waals surface area contributed by atoms with E-state index >= 15 is 0 Å². The van der Waals surface area contributed by atoms with Gasteiger partial charge in [-0.1, -0.05) is 0 Å². The van der Waals surface area contributed by atoms with Crippen LogP contribution in [0.15, 0.2) is 42.7 Å². The lowest BCUT2D eigenvalue weighted by atomic mass is 9.49. The number of hydrogen-bond donors (Lipinski definition) is 4. The maximum Gasteiger partial charge on any atom is 0.272 e. The number of nitrogens with one attached hydrogen (secondary N) is 4. The summed E-state index contributed by atoms with van der Waals surface area (Å²) in [4.78, 5) is 21.5. The highest BCUT2D eigenvalue weighted by Crippen LogP contribution is 2.32. The lowest BCUT2D eigenvalue weighted by molar-refractivity contribution is 0.0947. The van der Waals surface area contributed by atoms with Crippen LogP contribution in [-0.4, -0.2) is 68.5 Å². The van der Waals surface area contributed by atoms with Crippen LogP contribution >= 0.6 is 0 Å². The lowest BCUT2D eigenvalue weighted by Crippen LogP contribution is -2.50. The molecule has 0 aromatic carbocycles. The maximum absolute atomic E-state index is 13.0. The first-order valence-electron chi connectivity index (χ1n) is 11.1. The summed E-state index contributed by atoms with van der Waals surface area (Å²) in [6.45, 7) is 1.94. The Morgan fingerprint density at radius 2 is 1.77 bits per heavy atom. The predicted molar refractivity (Wildman–Crippen MR) is 143 cm³/mol. The van der Waals surface area contributed by atoms with Crippen molar-refractivity contribution in [1.29, 1.82) is 0 Å². The van der Waals surface area contributed by atoms with Gasteiger partial charge in [-0.25, -0.2) is 18.4 Å². The van der Waals surface area contributed by atoms with Gasteiger partial charge in [-0.05, 0) is 54.8 Å². The Morgan fingerprint density at radius 1 is 1.00 bits per heavy atom. The maximum atomic E-state index is 13.0. The fourth-order valence-corrected chi connectivity index (χ4v) is 4.58. The van der Waals surface area contributed by atoms with Gasteiger partial charge in [0.15, 0.2) is 17.3 Å². The van der Waals surface area contributed by atoms with E-state index in [2.05, 4.69) is 40.8 Å². The highest BCUT2D eigenvalue weighted by atomic mass is 32.2. The molecule has 1 aliphatic rings. The van der Waals surface area contributed by atoms with Gasteiger partial charge in [-0.2, -0.15) is 0 Å². The minimum absolute atomic E-state index is 0.0318. The number of aryl methyl sites for hydroxylation is 1. The molecule has 1 saturated carbocycles. The van der Waals surface area contributed by atoms with Gasteiger partial charge in [-0.3, -0.25) is 9.52 Å². The van der Waals surface area contributed by atoms with Crippen molar-refractivity contribution in [3.63, 3.8) is 0 Å². The fourth-order valence-electron chi connectivity index (χ4n) is 3.18. The zero-order valence-electron chi connectivity index (χ0n) is 20.0. The molecule has 1 fully saturated rings. The van der Waals surface area contributed by atoms with Gasteiger partial charge in [0.2, 0.25) is 10.0 Å². The minimum atomic E-state index is -3.52. The average Bonchev–Trinajstić information content (AvgIpc) is 3.60. The molecule has 3 heterocycles. The topological polar surface area (TPSA) is 151 Å². The van der Waals surface area contributed by atoms with E-state index in [-0.39, 0.29) is 17.2 Å². The van der Waals surface area contributed by atoms with Gasteiger partial charge < -0.3 is 16.0 Å². The van der Waals surface area contributed by atoms with Gasteiger partial charge in [0.1, 0.15) is 29.4 Å². The molecule has 0 spiro atoms. The van der Waals surface area contributed by atoms with Crippen molar-refractivity contribution in [2.75, 3.05) is 15.4 Å². The van der Waals surface area contributed by atoms with E-state index in [0.29, 0.717) is 30.2 Å². The van der Waals surface area contributed by atoms with Crippen LogP contribution in [0.2, 0.25) is 0 Å². The summed E-state index contributed by atoms with van der Waals surface area (Å²) in [5.41, 5.74) is 1.61. The normalized spacial score (nSPS) is 13.6. The highest BCUT2D eigenvalue weighted by molar-refractivity contribution is 7.93. The number of carbonyl (C=O) groups is 1. The molecule has 1 amide bonds. The molecule has 35 heavy (non-hydrogen) atoms. The monoisotopic (exact) mass is 490 g/mol. The first kappa shape index (κ1) is 24.5. The molecule has 3 aromatic heterocycles. The van der Waals surface area contributed by atoms with E-state index in [1.807, 2.05) is 42.6 Å². The van der Waals surface area contributed by atoms with Crippen LogP contribution in [-0.2, 0) is 10.0 Å².